The van der Waals surface area contributed by atoms with Gasteiger partial charge in [0, 0.05) is 19.6 Å². The molecule has 0 aromatic heterocycles. The Morgan fingerprint density at radius 1 is 1.00 bits per heavy atom. The summed E-state index contributed by atoms with van der Waals surface area (Å²) in [5, 5.41) is 0. The first-order chi connectivity index (χ1) is 10.3. The van der Waals surface area contributed by atoms with Crippen LogP contribution in [0.3, 0.4) is 0 Å². The molecule has 1 aliphatic rings. The topological polar surface area (TPSA) is 12.5 Å². The maximum absolute atomic E-state index is 6.11. The first kappa shape index (κ1) is 14.2. The number of nitrogens with zero attached hydrogens (tertiary/aromatic N) is 1. The fourth-order valence-corrected chi connectivity index (χ4v) is 2.91. The maximum Gasteiger partial charge on any atom is 0.119 e. The van der Waals surface area contributed by atoms with Crippen molar-refractivity contribution in [1.82, 2.24) is 4.90 Å². The minimum Gasteiger partial charge on any atom is -0.490 e. The quantitative estimate of drug-likeness (QED) is 0.838. The number of ether oxygens (including phenoxy) is 1. The molecular weight excluding hydrogens is 258 g/mol. The van der Waals surface area contributed by atoms with E-state index >= 15 is 0 Å². The molecule has 0 saturated carbocycles. The predicted molar refractivity (Wildman–Crippen MR) is 86.5 cm³/mol. The molecule has 0 bridgehead atoms. The van der Waals surface area contributed by atoms with Crippen LogP contribution in [0.5, 0.6) is 5.75 Å². The van der Waals surface area contributed by atoms with E-state index in [1.807, 2.05) is 0 Å². The zero-order valence-electron chi connectivity index (χ0n) is 12.7. The summed E-state index contributed by atoms with van der Waals surface area (Å²) in [6.07, 6.45) is 2.58. The lowest BCUT2D eigenvalue weighted by molar-refractivity contribution is 0.0968. The molecule has 2 heteroatoms. The fourth-order valence-electron chi connectivity index (χ4n) is 2.91. The number of benzene rings is 2. The second kappa shape index (κ2) is 6.77. The number of hydrogen-bond acceptors (Lipinski definition) is 2. The number of piperidine rings is 1. The molecule has 1 fully saturated rings. The van der Waals surface area contributed by atoms with Gasteiger partial charge >= 0.3 is 0 Å². The summed E-state index contributed by atoms with van der Waals surface area (Å²) in [5.41, 5.74) is 2.66. The van der Waals surface area contributed by atoms with Crippen molar-refractivity contribution in [3.05, 3.63) is 65.7 Å². The maximum atomic E-state index is 6.11. The van der Waals surface area contributed by atoms with Crippen molar-refractivity contribution >= 4 is 0 Å². The summed E-state index contributed by atoms with van der Waals surface area (Å²) >= 11 is 0. The summed E-state index contributed by atoms with van der Waals surface area (Å²) in [5.74, 6) is 1.01. The molecule has 3 rings (SSSR count). The van der Waals surface area contributed by atoms with Crippen molar-refractivity contribution in [2.45, 2.75) is 32.4 Å². The number of rotatable bonds is 4. The molecule has 0 radical (unpaired) electrons. The van der Waals surface area contributed by atoms with Gasteiger partial charge in [0.25, 0.3) is 0 Å². The van der Waals surface area contributed by atoms with Crippen LogP contribution in [-0.2, 0) is 6.54 Å². The summed E-state index contributed by atoms with van der Waals surface area (Å²) in [4.78, 5) is 2.52. The fraction of sp³-hybridized carbons (Fsp3) is 0.368. The second-order valence-electron chi connectivity index (χ2n) is 5.90. The van der Waals surface area contributed by atoms with Crippen LogP contribution in [0.15, 0.2) is 54.6 Å². The van der Waals surface area contributed by atoms with E-state index in [4.69, 9.17) is 4.74 Å². The van der Waals surface area contributed by atoms with Crippen LogP contribution in [0.25, 0.3) is 0 Å². The average molecular weight is 281 g/mol. The van der Waals surface area contributed by atoms with Crippen LogP contribution < -0.4 is 4.74 Å². The van der Waals surface area contributed by atoms with Crippen LogP contribution in [0.2, 0.25) is 0 Å². The van der Waals surface area contributed by atoms with Gasteiger partial charge < -0.3 is 4.74 Å². The molecule has 2 aromatic carbocycles. The summed E-state index contributed by atoms with van der Waals surface area (Å²) in [7, 11) is 0. The van der Waals surface area contributed by atoms with E-state index < -0.39 is 0 Å². The lowest BCUT2D eigenvalue weighted by Crippen LogP contribution is -2.37. The largest absolute Gasteiger partial charge is 0.490 e. The van der Waals surface area contributed by atoms with Gasteiger partial charge in [-0.3, -0.25) is 4.90 Å². The highest BCUT2D eigenvalue weighted by atomic mass is 16.5. The van der Waals surface area contributed by atoms with Crippen LogP contribution in [0.1, 0.15) is 24.0 Å². The Balaban J connectivity index is 1.49. The smallest absolute Gasteiger partial charge is 0.119 e. The minimum atomic E-state index is 0.360. The molecule has 0 spiro atoms. The number of hydrogen-bond donors (Lipinski definition) is 0. The van der Waals surface area contributed by atoms with Gasteiger partial charge in [-0.05, 0) is 43.0 Å². The molecule has 110 valence electrons. The molecule has 0 amide bonds. The van der Waals surface area contributed by atoms with Gasteiger partial charge in [-0.2, -0.15) is 0 Å². The molecule has 2 aromatic rings. The highest BCUT2D eigenvalue weighted by Gasteiger charge is 2.20. The van der Waals surface area contributed by atoms with E-state index in [9.17, 15) is 0 Å². The Hall–Kier alpha value is -1.80. The van der Waals surface area contributed by atoms with Crippen LogP contribution in [0, 0.1) is 6.92 Å². The van der Waals surface area contributed by atoms with Gasteiger partial charge in [0.15, 0.2) is 0 Å². The van der Waals surface area contributed by atoms with E-state index in [-0.39, 0.29) is 0 Å². The van der Waals surface area contributed by atoms with Crippen molar-refractivity contribution in [2.75, 3.05) is 13.1 Å². The molecule has 0 unspecified atom stereocenters. The lowest BCUT2D eigenvalue weighted by atomic mass is 10.1. The van der Waals surface area contributed by atoms with Crippen molar-refractivity contribution in [3.8, 4) is 5.75 Å². The zero-order chi connectivity index (χ0) is 14.5. The van der Waals surface area contributed by atoms with Crippen LogP contribution >= 0.6 is 0 Å². The van der Waals surface area contributed by atoms with E-state index in [0.29, 0.717) is 6.10 Å². The van der Waals surface area contributed by atoms with Gasteiger partial charge in [-0.25, -0.2) is 0 Å². The van der Waals surface area contributed by atoms with E-state index in [1.165, 1.54) is 11.1 Å². The van der Waals surface area contributed by atoms with Gasteiger partial charge in [0.2, 0.25) is 0 Å². The third-order valence-electron chi connectivity index (χ3n) is 4.08. The van der Waals surface area contributed by atoms with Gasteiger partial charge in [-0.1, -0.05) is 42.5 Å². The molecule has 1 saturated heterocycles. The van der Waals surface area contributed by atoms with Crippen LogP contribution in [0.4, 0.5) is 0 Å². The number of aryl methyl sites for hydroxylation is 1. The van der Waals surface area contributed by atoms with Crippen molar-refractivity contribution in [3.63, 3.8) is 0 Å². The predicted octanol–water partition coefficient (Wildman–Crippen LogP) is 4.04. The second-order valence-corrected chi connectivity index (χ2v) is 5.90. The minimum absolute atomic E-state index is 0.360. The van der Waals surface area contributed by atoms with E-state index in [1.54, 1.807) is 0 Å². The highest BCUT2D eigenvalue weighted by molar-refractivity contribution is 5.27. The van der Waals surface area contributed by atoms with E-state index in [2.05, 4.69) is 66.4 Å². The van der Waals surface area contributed by atoms with Gasteiger partial charge in [-0.15, -0.1) is 0 Å². The van der Waals surface area contributed by atoms with Gasteiger partial charge in [0.05, 0.1) is 0 Å². The Bertz CT molecular complexity index is 559. The molecule has 0 aliphatic carbocycles. The summed E-state index contributed by atoms with van der Waals surface area (Å²) in [6.45, 7) is 5.39. The molecule has 1 aliphatic heterocycles. The SMILES string of the molecule is Cc1cccc(OC2CCN(Cc3ccccc3)CC2)c1. The Labute approximate surface area is 127 Å². The van der Waals surface area contributed by atoms with Crippen molar-refractivity contribution in [1.29, 1.82) is 0 Å². The third kappa shape index (κ3) is 4.08. The Morgan fingerprint density at radius 3 is 2.48 bits per heavy atom. The third-order valence-corrected chi connectivity index (χ3v) is 4.08. The Morgan fingerprint density at radius 2 is 1.76 bits per heavy atom. The highest BCUT2D eigenvalue weighted by Crippen LogP contribution is 2.20. The van der Waals surface area contributed by atoms with Crippen molar-refractivity contribution in [2.24, 2.45) is 0 Å². The Kier molecular flexibility index (Phi) is 4.56. The molecule has 0 atom stereocenters. The molecule has 0 N–H and O–H groups in total. The lowest BCUT2D eigenvalue weighted by Gasteiger charge is -2.32. The molecule has 1 heterocycles. The van der Waals surface area contributed by atoms with E-state index in [0.717, 1.165) is 38.2 Å². The molecular formula is C19H23NO. The average Bonchev–Trinajstić information content (AvgIpc) is 2.50. The monoisotopic (exact) mass is 281 g/mol. The zero-order valence-corrected chi connectivity index (χ0v) is 12.7. The standard InChI is InChI=1S/C19H23NO/c1-16-6-5-9-19(14-16)21-18-10-12-20(13-11-18)15-17-7-3-2-4-8-17/h2-9,14,18H,10-13,15H2,1H3. The summed E-state index contributed by atoms with van der Waals surface area (Å²) < 4.78 is 6.11. The molecule has 21 heavy (non-hydrogen) atoms. The van der Waals surface area contributed by atoms with Crippen LogP contribution in [-0.4, -0.2) is 24.1 Å². The van der Waals surface area contributed by atoms with Crippen molar-refractivity contribution < 1.29 is 4.74 Å². The normalized spacial score (nSPS) is 16.8. The number of likely N-dealkylation sites (tertiary alicyclic amines) is 1. The molecule has 2 nitrogen and oxygen atoms in total. The summed E-state index contributed by atoms with van der Waals surface area (Å²) in [6, 6.07) is 19.1. The van der Waals surface area contributed by atoms with Gasteiger partial charge in [0.1, 0.15) is 11.9 Å². The first-order valence-corrected chi connectivity index (χ1v) is 7.79. The first-order valence-electron chi connectivity index (χ1n) is 7.79.